The monoisotopic (exact) mass is 334 g/mol. The molecular formula is C12H18N2O5S2. The lowest BCUT2D eigenvalue weighted by Gasteiger charge is -2.18. The Balaban J connectivity index is 3.25. The van der Waals surface area contributed by atoms with E-state index in [4.69, 9.17) is 0 Å². The molecule has 7 nitrogen and oxygen atoms in total. The van der Waals surface area contributed by atoms with Crippen molar-refractivity contribution >= 4 is 25.8 Å². The minimum absolute atomic E-state index is 0.304. The maximum absolute atomic E-state index is 12.3. The highest BCUT2D eigenvalue weighted by atomic mass is 32.2. The van der Waals surface area contributed by atoms with Gasteiger partial charge in [-0.25, -0.2) is 16.8 Å². The molecule has 118 valence electrons. The Kier molecular flexibility index (Phi) is 5.13. The highest BCUT2D eigenvalue weighted by Gasteiger charge is 2.27. The number of nitrogens with one attached hydrogen (secondary N) is 1. The summed E-state index contributed by atoms with van der Waals surface area (Å²) < 4.78 is 50.1. The number of carbonyl (C=O) groups is 1. The second kappa shape index (κ2) is 6.12. The summed E-state index contributed by atoms with van der Waals surface area (Å²) in [6, 6.07) is 4.25. The quantitative estimate of drug-likeness (QED) is 0.807. The van der Waals surface area contributed by atoms with Crippen LogP contribution in [0.25, 0.3) is 0 Å². The fourth-order valence-corrected chi connectivity index (χ4v) is 4.54. The molecule has 0 aliphatic rings. The number of hydrogen-bond acceptors (Lipinski definition) is 5. The van der Waals surface area contributed by atoms with Gasteiger partial charge in [-0.3, -0.25) is 4.79 Å². The molecule has 1 aromatic carbocycles. The number of sulfonamides is 1. The van der Waals surface area contributed by atoms with Crippen LogP contribution in [0, 0.1) is 0 Å². The Morgan fingerprint density at radius 2 is 1.57 bits per heavy atom. The maximum Gasteiger partial charge on any atom is 0.242 e. The van der Waals surface area contributed by atoms with Gasteiger partial charge in [0, 0.05) is 20.4 Å². The van der Waals surface area contributed by atoms with Crippen LogP contribution in [0.2, 0.25) is 0 Å². The molecule has 0 heterocycles. The second-order valence-corrected chi connectivity index (χ2v) is 8.46. The summed E-state index contributed by atoms with van der Waals surface area (Å²) in [5.41, 5.74) is 0. The van der Waals surface area contributed by atoms with Crippen molar-refractivity contribution in [2.45, 2.75) is 22.8 Å². The molecule has 0 spiro atoms. The maximum atomic E-state index is 12.3. The molecule has 0 fully saturated rings. The Morgan fingerprint density at radius 3 is 2.00 bits per heavy atom. The first kappa shape index (κ1) is 17.6. The average molecular weight is 334 g/mol. The van der Waals surface area contributed by atoms with Gasteiger partial charge in [0.25, 0.3) is 0 Å². The van der Waals surface area contributed by atoms with E-state index in [-0.39, 0.29) is 9.79 Å². The van der Waals surface area contributed by atoms with Crippen LogP contribution < -0.4 is 4.72 Å². The van der Waals surface area contributed by atoms with Crippen LogP contribution in [0.15, 0.2) is 34.1 Å². The van der Waals surface area contributed by atoms with Crippen LogP contribution in [0.4, 0.5) is 0 Å². The number of amides is 1. The molecule has 1 rings (SSSR count). The number of carbonyl (C=O) groups excluding carboxylic acids is 1. The van der Waals surface area contributed by atoms with Gasteiger partial charge < -0.3 is 4.90 Å². The molecule has 1 N–H and O–H groups in total. The van der Waals surface area contributed by atoms with Crippen LogP contribution in [0.3, 0.4) is 0 Å². The minimum atomic E-state index is -4.13. The topological polar surface area (TPSA) is 101 Å². The SMILES string of the molecule is CC(NS(=O)(=O)c1ccccc1S(C)(=O)=O)C(=O)N(C)C. The molecule has 0 saturated heterocycles. The Labute approximate surface area is 124 Å². The van der Waals surface area contributed by atoms with Crippen molar-refractivity contribution in [2.24, 2.45) is 0 Å². The fraction of sp³-hybridized carbons (Fsp3) is 0.417. The lowest BCUT2D eigenvalue weighted by atomic mass is 10.3. The van der Waals surface area contributed by atoms with Crippen molar-refractivity contribution in [1.82, 2.24) is 9.62 Å². The molecule has 9 heteroatoms. The van der Waals surface area contributed by atoms with Gasteiger partial charge in [-0.1, -0.05) is 12.1 Å². The molecule has 1 amide bonds. The Morgan fingerprint density at radius 1 is 1.10 bits per heavy atom. The number of benzene rings is 1. The first-order valence-corrected chi connectivity index (χ1v) is 9.37. The number of hydrogen-bond donors (Lipinski definition) is 1. The first-order chi connectivity index (χ1) is 9.47. The molecule has 1 unspecified atom stereocenters. The Bertz CT molecular complexity index is 739. The number of sulfone groups is 1. The van der Waals surface area contributed by atoms with E-state index in [2.05, 4.69) is 4.72 Å². The van der Waals surface area contributed by atoms with E-state index >= 15 is 0 Å². The normalized spacial score (nSPS) is 13.7. The van der Waals surface area contributed by atoms with E-state index in [1.807, 2.05) is 0 Å². The van der Waals surface area contributed by atoms with Gasteiger partial charge in [-0.15, -0.1) is 0 Å². The van der Waals surface area contributed by atoms with E-state index in [1.54, 1.807) is 0 Å². The van der Waals surface area contributed by atoms with Crippen LogP contribution >= 0.6 is 0 Å². The molecule has 0 radical (unpaired) electrons. The summed E-state index contributed by atoms with van der Waals surface area (Å²) >= 11 is 0. The van der Waals surface area contributed by atoms with E-state index in [1.165, 1.54) is 50.2 Å². The zero-order valence-electron chi connectivity index (χ0n) is 12.2. The third kappa shape index (κ3) is 4.26. The van der Waals surface area contributed by atoms with Gasteiger partial charge in [0.1, 0.15) is 4.90 Å². The highest BCUT2D eigenvalue weighted by Crippen LogP contribution is 2.20. The average Bonchev–Trinajstić information content (AvgIpc) is 2.36. The predicted molar refractivity (Wildman–Crippen MR) is 78.0 cm³/mol. The lowest BCUT2D eigenvalue weighted by Crippen LogP contribution is -2.44. The number of likely N-dealkylation sites (N-methyl/N-ethyl adjacent to an activating group) is 1. The van der Waals surface area contributed by atoms with E-state index in [0.29, 0.717) is 0 Å². The van der Waals surface area contributed by atoms with E-state index in [9.17, 15) is 21.6 Å². The van der Waals surface area contributed by atoms with Crippen LogP contribution in [0.1, 0.15) is 6.92 Å². The van der Waals surface area contributed by atoms with E-state index < -0.39 is 31.8 Å². The first-order valence-electron chi connectivity index (χ1n) is 5.99. The summed E-state index contributed by atoms with van der Waals surface area (Å²) in [5, 5.41) is 0. The van der Waals surface area contributed by atoms with Crippen molar-refractivity contribution in [3.05, 3.63) is 24.3 Å². The molecule has 0 aromatic heterocycles. The standard InChI is InChI=1S/C12H18N2O5S2/c1-9(12(15)14(2)3)13-21(18,19)11-8-6-5-7-10(11)20(4,16)17/h5-9,13H,1-4H3. The molecule has 0 aliphatic heterocycles. The van der Waals surface area contributed by atoms with Gasteiger partial charge in [0.15, 0.2) is 9.84 Å². The van der Waals surface area contributed by atoms with Crippen molar-refractivity contribution in [3.63, 3.8) is 0 Å². The largest absolute Gasteiger partial charge is 0.347 e. The van der Waals surface area contributed by atoms with Gasteiger partial charge in [-0.2, -0.15) is 4.72 Å². The number of nitrogens with zero attached hydrogens (tertiary/aromatic N) is 1. The zero-order chi connectivity index (χ0) is 16.4. The zero-order valence-corrected chi connectivity index (χ0v) is 13.8. The summed E-state index contributed by atoms with van der Waals surface area (Å²) in [6.07, 6.45) is 0.926. The molecule has 0 bridgehead atoms. The predicted octanol–water partition coefficient (Wildman–Crippen LogP) is -0.155. The minimum Gasteiger partial charge on any atom is -0.347 e. The fourth-order valence-electron chi connectivity index (χ4n) is 1.71. The number of rotatable bonds is 5. The molecule has 21 heavy (non-hydrogen) atoms. The smallest absolute Gasteiger partial charge is 0.242 e. The van der Waals surface area contributed by atoms with Gasteiger partial charge >= 0.3 is 0 Å². The summed E-state index contributed by atoms with van der Waals surface area (Å²) in [5.74, 6) is -0.435. The van der Waals surface area contributed by atoms with Gasteiger partial charge in [-0.05, 0) is 19.1 Å². The van der Waals surface area contributed by atoms with Crippen molar-refractivity contribution < 1.29 is 21.6 Å². The summed E-state index contributed by atoms with van der Waals surface area (Å²) in [6.45, 7) is 1.39. The second-order valence-electron chi connectivity index (χ2n) is 4.79. The molecule has 1 aromatic rings. The molecular weight excluding hydrogens is 316 g/mol. The molecule has 0 aliphatic carbocycles. The van der Waals surface area contributed by atoms with Crippen LogP contribution in [-0.4, -0.2) is 54.0 Å². The van der Waals surface area contributed by atoms with Crippen LogP contribution in [0.5, 0.6) is 0 Å². The Hall–Kier alpha value is -1.45. The van der Waals surface area contributed by atoms with Crippen molar-refractivity contribution in [3.8, 4) is 0 Å². The third-order valence-electron chi connectivity index (χ3n) is 2.68. The highest BCUT2D eigenvalue weighted by molar-refractivity contribution is 7.93. The molecule has 0 saturated carbocycles. The third-order valence-corrected chi connectivity index (χ3v) is 5.56. The van der Waals surface area contributed by atoms with Crippen LogP contribution in [-0.2, 0) is 24.7 Å². The van der Waals surface area contributed by atoms with Gasteiger partial charge in [0.2, 0.25) is 15.9 Å². The van der Waals surface area contributed by atoms with Crippen molar-refractivity contribution in [1.29, 1.82) is 0 Å². The van der Waals surface area contributed by atoms with E-state index in [0.717, 1.165) is 6.26 Å². The molecule has 1 atom stereocenters. The lowest BCUT2D eigenvalue weighted by molar-refractivity contribution is -0.130. The summed E-state index contributed by atoms with van der Waals surface area (Å²) in [7, 11) is -4.84. The summed E-state index contributed by atoms with van der Waals surface area (Å²) in [4.78, 5) is 12.3. The van der Waals surface area contributed by atoms with Crippen molar-refractivity contribution in [2.75, 3.05) is 20.4 Å². The van der Waals surface area contributed by atoms with Gasteiger partial charge in [0.05, 0.1) is 10.9 Å².